The summed E-state index contributed by atoms with van der Waals surface area (Å²) >= 11 is 0. The molecule has 0 unspecified atom stereocenters. The van der Waals surface area contributed by atoms with Gasteiger partial charge in [-0.05, 0) is 30.0 Å². The number of rotatable bonds is 5. The van der Waals surface area contributed by atoms with Crippen LogP contribution in [0.15, 0.2) is 60.3 Å². The molecule has 0 fully saturated rings. The van der Waals surface area contributed by atoms with Crippen LogP contribution in [0.3, 0.4) is 0 Å². The van der Waals surface area contributed by atoms with Gasteiger partial charge in [0, 0.05) is 18.7 Å². The van der Waals surface area contributed by atoms with E-state index in [9.17, 15) is 9.59 Å². The zero-order chi connectivity index (χ0) is 19.2. The molecule has 0 atom stereocenters. The number of aryl methyl sites for hydroxylation is 1. The first-order valence-corrected chi connectivity index (χ1v) is 8.96. The highest BCUT2D eigenvalue weighted by atomic mass is 16.2. The maximum Gasteiger partial charge on any atom is 0.260 e. The van der Waals surface area contributed by atoms with Gasteiger partial charge in [0.1, 0.15) is 0 Å². The molecule has 1 heterocycles. The van der Waals surface area contributed by atoms with Crippen molar-refractivity contribution in [3.8, 4) is 12.3 Å². The average molecular weight is 358 g/mol. The van der Waals surface area contributed by atoms with Crippen LogP contribution in [0.25, 0.3) is 5.57 Å². The van der Waals surface area contributed by atoms with Crippen molar-refractivity contribution in [1.82, 2.24) is 10.2 Å². The van der Waals surface area contributed by atoms with E-state index in [1.807, 2.05) is 66.4 Å². The van der Waals surface area contributed by atoms with Gasteiger partial charge in [0.2, 0.25) is 5.91 Å². The quantitative estimate of drug-likeness (QED) is 0.836. The highest BCUT2D eigenvalue weighted by Gasteiger charge is 2.27. The number of fused-ring (bicyclic) bond motifs is 1. The van der Waals surface area contributed by atoms with E-state index in [1.54, 1.807) is 0 Å². The van der Waals surface area contributed by atoms with E-state index in [4.69, 9.17) is 6.42 Å². The summed E-state index contributed by atoms with van der Waals surface area (Å²) in [6.07, 6.45) is 6.33. The lowest BCUT2D eigenvalue weighted by Gasteiger charge is -2.31. The van der Waals surface area contributed by atoms with Crippen LogP contribution in [0.4, 0.5) is 0 Å². The normalized spacial score (nSPS) is 13.0. The maximum atomic E-state index is 12.9. The number of benzene rings is 2. The molecule has 0 spiro atoms. The van der Waals surface area contributed by atoms with E-state index in [0.29, 0.717) is 25.1 Å². The predicted molar refractivity (Wildman–Crippen MR) is 106 cm³/mol. The Morgan fingerprint density at radius 3 is 2.56 bits per heavy atom. The Hall–Kier alpha value is -3.32. The van der Waals surface area contributed by atoms with Gasteiger partial charge in [-0.1, -0.05) is 60.5 Å². The van der Waals surface area contributed by atoms with Gasteiger partial charge in [-0.15, -0.1) is 6.42 Å². The molecule has 136 valence electrons. The largest absolute Gasteiger partial charge is 0.359 e. The number of carbonyl (C=O) groups excluding carboxylic acids is 2. The summed E-state index contributed by atoms with van der Waals surface area (Å²) in [5, 5.41) is 2.54. The molecule has 0 aliphatic carbocycles. The van der Waals surface area contributed by atoms with Crippen molar-refractivity contribution in [1.29, 1.82) is 0 Å². The SMILES string of the molecule is C#CCN1Cc2ccccc2C(C(=O)NC(=O)CCc2ccccc2)=C1C. The number of hydrogen-bond donors (Lipinski definition) is 1. The number of amides is 2. The second-order valence-corrected chi connectivity index (χ2v) is 6.54. The van der Waals surface area contributed by atoms with Gasteiger partial charge in [-0.3, -0.25) is 14.9 Å². The Bertz CT molecular complexity index is 923. The van der Waals surface area contributed by atoms with Crippen molar-refractivity contribution in [2.45, 2.75) is 26.3 Å². The second kappa shape index (κ2) is 8.37. The number of carbonyl (C=O) groups is 2. The number of nitrogens with one attached hydrogen (secondary N) is 1. The lowest BCUT2D eigenvalue weighted by Crippen LogP contribution is -2.36. The fraction of sp³-hybridized carbons (Fsp3) is 0.217. The maximum absolute atomic E-state index is 12.9. The highest BCUT2D eigenvalue weighted by molar-refractivity contribution is 6.24. The molecule has 2 amide bonds. The van der Waals surface area contributed by atoms with Crippen molar-refractivity contribution in [3.63, 3.8) is 0 Å². The van der Waals surface area contributed by atoms with Gasteiger partial charge in [0.25, 0.3) is 5.91 Å². The number of terminal acetylenes is 1. The minimum atomic E-state index is -0.375. The summed E-state index contributed by atoms with van der Waals surface area (Å²) in [6, 6.07) is 17.5. The Kier molecular flexibility index (Phi) is 5.73. The van der Waals surface area contributed by atoms with Crippen LogP contribution in [0.2, 0.25) is 0 Å². The van der Waals surface area contributed by atoms with Crippen LogP contribution >= 0.6 is 0 Å². The monoisotopic (exact) mass is 358 g/mol. The molecule has 0 radical (unpaired) electrons. The van der Waals surface area contributed by atoms with E-state index >= 15 is 0 Å². The molecule has 0 saturated heterocycles. The Balaban J connectivity index is 1.76. The summed E-state index contributed by atoms with van der Waals surface area (Å²) in [5.74, 6) is 1.97. The molecule has 4 nitrogen and oxygen atoms in total. The van der Waals surface area contributed by atoms with Crippen LogP contribution in [-0.2, 0) is 22.6 Å². The Morgan fingerprint density at radius 1 is 1.11 bits per heavy atom. The smallest absolute Gasteiger partial charge is 0.260 e. The third-order valence-corrected chi connectivity index (χ3v) is 4.73. The first-order chi connectivity index (χ1) is 13.1. The molecule has 2 aromatic rings. The summed E-state index contributed by atoms with van der Waals surface area (Å²) in [5.41, 5.74) is 4.26. The summed E-state index contributed by atoms with van der Waals surface area (Å²) < 4.78 is 0. The van der Waals surface area contributed by atoms with Gasteiger partial charge in [0.15, 0.2) is 0 Å². The predicted octanol–water partition coefficient (Wildman–Crippen LogP) is 3.14. The van der Waals surface area contributed by atoms with Gasteiger partial charge >= 0.3 is 0 Å². The lowest BCUT2D eigenvalue weighted by molar-refractivity contribution is -0.127. The molecule has 27 heavy (non-hydrogen) atoms. The van der Waals surface area contributed by atoms with Gasteiger partial charge in [0.05, 0.1) is 12.1 Å². The summed E-state index contributed by atoms with van der Waals surface area (Å²) in [6.45, 7) is 2.94. The number of imide groups is 1. The fourth-order valence-corrected chi connectivity index (χ4v) is 3.30. The van der Waals surface area contributed by atoms with Gasteiger partial charge in [-0.25, -0.2) is 0 Å². The number of hydrogen-bond acceptors (Lipinski definition) is 3. The molecule has 1 aliphatic heterocycles. The van der Waals surface area contributed by atoms with Crippen molar-refractivity contribution in [2.24, 2.45) is 0 Å². The van der Waals surface area contributed by atoms with Crippen molar-refractivity contribution in [2.75, 3.05) is 6.54 Å². The molecule has 3 rings (SSSR count). The fourth-order valence-electron chi connectivity index (χ4n) is 3.30. The molecule has 0 bridgehead atoms. The Labute approximate surface area is 159 Å². The first-order valence-electron chi connectivity index (χ1n) is 8.96. The van der Waals surface area contributed by atoms with Crippen LogP contribution in [0.1, 0.15) is 30.0 Å². The van der Waals surface area contributed by atoms with Crippen molar-refractivity contribution >= 4 is 17.4 Å². The Morgan fingerprint density at radius 2 is 1.81 bits per heavy atom. The van der Waals surface area contributed by atoms with E-state index < -0.39 is 0 Å². The number of allylic oxidation sites excluding steroid dienone is 1. The third kappa shape index (κ3) is 4.27. The molecule has 4 heteroatoms. The molecule has 0 aromatic heterocycles. The van der Waals surface area contributed by atoms with Crippen LogP contribution in [-0.4, -0.2) is 23.3 Å². The van der Waals surface area contributed by atoms with E-state index in [2.05, 4.69) is 11.2 Å². The molecule has 0 saturated carbocycles. The minimum absolute atomic E-state index is 0.262. The topological polar surface area (TPSA) is 49.4 Å². The average Bonchev–Trinajstić information content (AvgIpc) is 2.68. The zero-order valence-corrected chi connectivity index (χ0v) is 15.4. The van der Waals surface area contributed by atoms with Crippen LogP contribution in [0, 0.1) is 12.3 Å². The van der Waals surface area contributed by atoms with E-state index in [0.717, 1.165) is 22.4 Å². The van der Waals surface area contributed by atoms with Gasteiger partial charge in [-0.2, -0.15) is 0 Å². The third-order valence-electron chi connectivity index (χ3n) is 4.73. The van der Waals surface area contributed by atoms with Crippen LogP contribution < -0.4 is 5.32 Å². The van der Waals surface area contributed by atoms with Crippen molar-refractivity contribution in [3.05, 3.63) is 77.0 Å². The number of nitrogens with zero attached hydrogens (tertiary/aromatic N) is 1. The van der Waals surface area contributed by atoms with Crippen molar-refractivity contribution < 1.29 is 9.59 Å². The highest BCUT2D eigenvalue weighted by Crippen LogP contribution is 2.31. The molecular formula is C23H22N2O2. The molecule has 2 aromatic carbocycles. The second-order valence-electron chi connectivity index (χ2n) is 6.54. The standard InChI is InChI=1S/C23H22N2O2/c1-3-15-25-16-19-11-7-8-12-20(19)22(17(25)2)23(27)24-21(26)14-13-18-9-5-4-6-10-18/h1,4-12H,13-16H2,2H3,(H,24,26,27). The lowest BCUT2D eigenvalue weighted by atomic mass is 9.93. The van der Waals surface area contributed by atoms with E-state index in [-0.39, 0.29) is 18.2 Å². The zero-order valence-electron chi connectivity index (χ0n) is 15.4. The molecular weight excluding hydrogens is 336 g/mol. The summed E-state index contributed by atoms with van der Waals surface area (Å²) in [4.78, 5) is 27.1. The van der Waals surface area contributed by atoms with Gasteiger partial charge < -0.3 is 4.90 Å². The molecule has 1 N–H and O–H groups in total. The van der Waals surface area contributed by atoms with E-state index in [1.165, 1.54) is 0 Å². The van der Waals surface area contributed by atoms with Crippen LogP contribution in [0.5, 0.6) is 0 Å². The molecule has 1 aliphatic rings. The minimum Gasteiger partial charge on any atom is -0.359 e. The first kappa shape index (κ1) is 18.5. The summed E-state index contributed by atoms with van der Waals surface area (Å²) in [7, 11) is 0.